The van der Waals surface area contributed by atoms with Crippen LogP contribution in [-0.4, -0.2) is 67.3 Å². The topological polar surface area (TPSA) is 67.8 Å². The molecule has 182 valence electrons. The zero-order valence-electron chi connectivity index (χ0n) is 20.3. The third-order valence-electron chi connectivity index (χ3n) is 7.89. The first-order valence-electron chi connectivity index (χ1n) is 12.8. The molecule has 2 aromatic heterocycles. The molecule has 0 unspecified atom stereocenters. The fraction of sp³-hybridized carbons (Fsp3) is 0.464. The van der Waals surface area contributed by atoms with Crippen molar-refractivity contribution in [2.24, 2.45) is 0 Å². The maximum atomic E-state index is 13.4. The summed E-state index contributed by atoms with van der Waals surface area (Å²) >= 11 is 0. The standard InChI is InChI=1S/C28H32N4O3/c1-31-24-19-29-23-7-5-20(17-22(23)26(24)28(27(31)33)9-15-34-16-10-28)21-6-8-25(30-18-21)35-14-4-13-32-11-2-3-12-32/h5-8,17-19H,2-4,9-16H2,1H3. The van der Waals surface area contributed by atoms with E-state index in [4.69, 9.17) is 9.47 Å². The van der Waals surface area contributed by atoms with Crippen molar-refractivity contribution in [3.63, 3.8) is 0 Å². The van der Waals surface area contributed by atoms with E-state index in [-0.39, 0.29) is 5.91 Å². The normalized spacial score (nSPS) is 19.6. The first kappa shape index (κ1) is 22.4. The largest absolute Gasteiger partial charge is 0.478 e. The van der Waals surface area contributed by atoms with Crippen molar-refractivity contribution in [2.45, 2.75) is 37.5 Å². The first-order valence-corrected chi connectivity index (χ1v) is 12.8. The third kappa shape index (κ3) is 3.96. The monoisotopic (exact) mass is 472 g/mol. The van der Waals surface area contributed by atoms with Gasteiger partial charge in [-0.25, -0.2) is 4.98 Å². The van der Waals surface area contributed by atoms with Crippen LogP contribution < -0.4 is 9.64 Å². The van der Waals surface area contributed by atoms with Crippen molar-refractivity contribution < 1.29 is 14.3 Å². The van der Waals surface area contributed by atoms with Crippen LogP contribution in [0.4, 0.5) is 5.69 Å². The fourth-order valence-electron chi connectivity index (χ4n) is 5.95. The van der Waals surface area contributed by atoms with E-state index in [0.717, 1.165) is 46.2 Å². The second-order valence-corrected chi connectivity index (χ2v) is 9.94. The smallest absolute Gasteiger partial charge is 0.237 e. The van der Waals surface area contributed by atoms with Gasteiger partial charge < -0.3 is 19.3 Å². The molecule has 0 radical (unpaired) electrons. The number of nitrogens with zero attached hydrogens (tertiary/aromatic N) is 4. The van der Waals surface area contributed by atoms with E-state index in [1.165, 1.54) is 25.9 Å². The molecular weight excluding hydrogens is 440 g/mol. The predicted molar refractivity (Wildman–Crippen MR) is 136 cm³/mol. The van der Waals surface area contributed by atoms with E-state index in [1.807, 2.05) is 31.6 Å². The van der Waals surface area contributed by atoms with Crippen LogP contribution in [0.3, 0.4) is 0 Å². The summed E-state index contributed by atoms with van der Waals surface area (Å²) in [6.45, 7) is 5.42. The molecule has 0 N–H and O–H groups in total. The van der Waals surface area contributed by atoms with E-state index >= 15 is 0 Å². The van der Waals surface area contributed by atoms with E-state index in [2.05, 4.69) is 33.1 Å². The minimum atomic E-state index is -0.521. The lowest BCUT2D eigenvalue weighted by atomic mass is 9.74. The number of likely N-dealkylation sites (tertiary alicyclic amines) is 1. The van der Waals surface area contributed by atoms with Gasteiger partial charge in [0.15, 0.2) is 0 Å². The number of pyridine rings is 2. The Labute approximate surface area is 206 Å². The van der Waals surface area contributed by atoms with Crippen LogP contribution in [0.2, 0.25) is 0 Å². The number of rotatable bonds is 6. The molecule has 0 bridgehead atoms. The van der Waals surface area contributed by atoms with E-state index in [9.17, 15) is 4.79 Å². The van der Waals surface area contributed by atoms with Gasteiger partial charge in [0, 0.05) is 55.6 Å². The molecule has 2 fully saturated rings. The molecule has 7 heteroatoms. The van der Waals surface area contributed by atoms with Crippen LogP contribution >= 0.6 is 0 Å². The Bertz CT molecular complexity index is 1230. The Morgan fingerprint density at radius 3 is 2.60 bits per heavy atom. The summed E-state index contributed by atoms with van der Waals surface area (Å²) in [6, 6.07) is 10.3. The number of hydrogen-bond acceptors (Lipinski definition) is 6. The van der Waals surface area contributed by atoms with E-state index in [1.54, 1.807) is 4.90 Å². The van der Waals surface area contributed by atoms with Crippen molar-refractivity contribution in [3.05, 3.63) is 48.3 Å². The van der Waals surface area contributed by atoms with Crippen molar-refractivity contribution in [2.75, 3.05) is 51.4 Å². The lowest BCUT2D eigenvalue weighted by molar-refractivity contribution is -0.126. The highest BCUT2D eigenvalue weighted by Gasteiger charge is 2.51. The quantitative estimate of drug-likeness (QED) is 0.501. The molecule has 3 aromatic rings. The number of benzene rings is 1. The summed E-state index contributed by atoms with van der Waals surface area (Å²) < 4.78 is 11.5. The average Bonchev–Trinajstić information content (AvgIpc) is 3.49. The second-order valence-electron chi connectivity index (χ2n) is 9.94. The van der Waals surface area contributed by atoms with Gasteiger partial charge in [-0.15, -0.1) is 0 Å². The molecule has 0 atom stereocenters. The van der Waals surface area contributed by atoms with Crippen LogP contribution in [0.15, 0.2) is 42.7 Å². The van der Waals surface area contributed by atoms with Crippen molar-refractivity contribution in [1.29, 1.82) is 0 Å². The van der Waals surface area contributed by atoms with Crippen molar-refractivity contribution in [3.8, 4) is 17.0 Å². The molecular formula is C28H32N4O3. The maximum absolute atomic E-state index is 13.4. The average molecular weight is 473 g/mol. The van der Waals surface area contributed by atoms with Gasteiger partial charge in [-0.05, 0) is 69.0 Å². The van der Waals surface area contributed by atoms with E-state index < -0.39 is 5.41 Å². The number of likely N-dealkylation sites (N-methyl/N-ethyl adjacent to an activating group) is 1. The van der Waals surface area contributed by atoms with Gasteiger partial charge in [0.1, 0.15) is 0 Å². The second kappa shape index (κ2) is 9.21. The number of anilines is 1. The first-order chi connectivity index (χ1) is 17.2. The molecule has 2 saturated heterocycles. The number of aromatic nitrogens is 2. The Balaban J connectivity index is 1.25. The number of amides is 1. The van der Waals surface area contributed by atoms with Crippen LogP contribution in [0.1, 0.15) is 37.7 Å². The number of carbonyl (C=O) groups excluding carboxylic acids is 1. The molecule has 3 aliphatic heterocycles. The highest BCUT2D eigenvalue weighted by atomic mass is 16.5. The van der Waals surface area contributed by atoms with Gasteiger partial charge in [0.05, 0.1) is 29.4 Å². The number of hydrogen-bond donors (Lipinski definition) is 0. The summed E-state index contributed by atoms with van der Waals surface area (Å²) in [5.41, 5.74) is 4.49. The highest BCUT2D eigenvalue weighted by molar-refractivity contribution is 6.12. The molecule has 1 aromatic carbocycles. The van der Waals surface area contributed by atoms with Crippen LogP contribution in [0, 0.1) is 0 Å². The SMILES string of the molecule is CN1C(=O)C2(CCOCC2)c2c1cnc1ccc(-c3ccc(OCCCN4CCCC4)nc3)cc21. The molecule has 1 amide bonds. The zero-order valence-corrected chi connectivity index (χ0v) is 20.3. The molecule has 5 heterocycles. The lowest BCUT2D eigenvalue weighted by Crippen LogP contribution is -2.43. The van der Waals surface area contributed by atoms with Crippen molar-refractivity contribution in [1.82, 2.24) is 14.9 Å². The van der Waals surface area contributed by atoms with Crippen molar-refractivity contribution >= 4 is 22.5 Å². The van der Waals surface area contributed by atoms with Gasteiger partial charge >= 0.3 is 0 Å². The van der Waals surface area contributed by atoms with Crippen LogP contribution in [-0.2, 0) is 14.9 Å². The summed E-state index contributed by atoms with van der Waals surface area (Å²) in [6.07, 6.45) is 8.79. The zero-order chi connectivity index (χ0) is 23.8. The van der Waals surface area contributed by atoms with Crippen LogP contribution in [0.5, 0.6) is 5.88 Å². The van der Waals surface area contributed by atoms with Gasteiger partial charge in [-0.1, -0.05) is 6.07 Å². The third-order valence-corrected chi connectivity index (χ3v) is 7.89. The molecule has 6 rings (SSSR count). The Kier molecular flexibility index (Phi) is 5.90. The molecule has 7 nitrogen and oxygen atoms in total. The summed E-state index contributed by atoms with van der Waals surface area (Å²) in [7, 11) is 1.86. The number of fused-ring (bicyclic) bond motifs is 4. The number of carbonyl (C=O) groups is 1. The summed E-state index contributed by atoms with van der Waals surface area (Å²) in [4.78, 5) is 26.9. The highest BCUT2D eigenvalue weighted by Crippen LogP contribution is 2.50. The molecule has 3 aliphatic rings. The maximum Gasteiger partial charge on any atom is 0.237 e. The summed E-state index contributed by atoms with van der Waals surface area (Å²) in [5, 5.41) is 1.04. The fourth-order valence-corrected chi connectivity index (χ4v) is 5.95. The molecule has 0 aliphatic carbocycles. The molecule has 35 heavy (non-hydrogen) atoms. The lowest BCUT2D eigenvalue weighted by Gasteiger charge is -2.32. The number of ether oxygens (including phenoxy) is 2. The molecule has 0 saturated carbocycles. The molecule has 1 spiro atoms. The van der Waals surface area contributed by atoms with E-state index in [0.29, 0.717) is 38.5 Å². The van der Waals surface area contributed by atoms with Gasteiger partial charge in [0.25, 0.3) is 0 Å². The minimum Gasteiger partial charge on any atom is -0.478 e. The van der Waals surface area contributed by atoms with Gasteiger partial charge in [-0.2, -0.15) is 0 Å². The minimum absolute atomic E-state index is 0.156. The Morgan fingerprint density at radius 1 is 1.03 bits per heavy atom. The van der Waals surface area contributed by atoms with Gasteiger partial charge in [-0.3, -0.25) is 9.78 Å². The Morgan fingerprint density at radius 2 is 1.83 bits per heavy atom. The van der Waals surface area contributed by atoms with Gasteiger partial charge in [0.2, 0.25) is 11.8 Å². The Hall–Kier alpha value is -3.03. The van der Waals surface area contributed by atoms with Crippen LogP contribution in [0.25, 0.3) is 22.0 Å². The summed E-state index contributed by atoms with van der Waals surface area (Å²) in [5.74, 6) is 0.815. The predicted octanol–water partition coefficient (Wildman–Crippen LogP) is 4.19.